The molecule has 1 aromatic carbocycles. The average Bonchev–Trinajstić information content (AvgIpc) is 2.97. The van der Waals surface area contributed by atoms with Crippen molar-refractivity contribution in [2.75, 3.05) is 6.54 Å². The van der Waals surface area contributed by atoms with E-state index in [1.54, 1.807) is 6.07 Å². The molecule has 0 radical (unpaired) electrons. The molecule has 0 saturated heterocycles. The van der Waals surface area contributed by atoms with Crippen LogP contribution in [-0.4, -0.2) is 54.7 Å². The van der Waals surface area contributed by atoms with Gasteiger partial charge in [0.15, 0.2) is 0 Å². The van der Waals surface area contributed by atoms with Gasteiger partial charge in [0.25, 0.3) is 5.91 Å². The van der Waals surface area contributed by atoms with E-state index in [9.17, 15) is 23.8 Å². The van der Waals surface area contributed by atoms with Crippen molar-refractivity contribution < 1.29 is 28.5 Å². The number of halogens is 1. The van der Waals surface area contributed by atoms with Crippen molar-refractivity contribution >= 4 is 30.4 Å². The smallest absolute Gasteiger partial charge is 0.423 e. The molecule has 9 nitrogen and oxygen atoms in total. The molecule has 26 heavy (non-hydrogen) atoms. The molecule has 140 valence electrons. The van der Waals surface area contributed by atoms with Gasteiger partial charge in [-0.2, -0.15) is 4.39 Å². The zero-order valence-corrected chi connectivity index (χ0v) is 14.1. The van der Waals surface area contributed by atoms with Crippen LogP contribution in [0, 0.1) is 0 Å². The summed E-state index contributed by atoms with van der Waals surface area (Å²) in [6.45, 7) is 1.33. The van der Waals surface area contributed by atoms with Gasteiger partial charge in [0.2, 0.25) is 5.91 Å². The number of fused-ring (bicyclic) bond motifs is 1. The molecule has 1 heterocycles. The molecular formula is C15H20BFN4O5. The Balaban J connectivity index is 2.05. The summed E-state index contributed by atoms with van der Waals surface area (Å²) in [5.41, 5.74) is 12.4. The second-order valence-corrected chi connectivity index (χ2v) is 6.04. The first-order valence-electron chi connectivity index (χ1n) is 7.92. The molecule has 0 bridgehead atoms. The molecule has 2 rings (SSSR count). The fraction of sp³-hybridized carbons (Fsp3) is 0.400. The fourth-order valence-corrected chi connectivity index (χ4v) is 2.42. The topological polar surface area (TPSA) is 157 Å². The average molecular weight is 366 g/mol. The third kappa shape index (κ3) is 4.64. The van der Waals surface area contributed by atoms with Gasteiger partial charge in [-0.1, -0.05) is 6.07 Å². The quantitative estimate of drug-likeness (QED) is 0.259. The molecule has 1 aliphatic rings. The van der Waals surface area contributed by atoms with Gasteiger partial charge in [-0.25, -0.2) is 0 Å². The van der Waals surface area contributed by atoms with Gasteiger partial charge in [0, 0.05) is 18.2 Å². The Labute approximate surface area is 149 Å². The lowest BCUT2D eigenvalue weighted by Crippen LogP contribution is -2.56. The van der Waals surface area contributed by atoms with E-state index in [4.69, 9.17) is 16.1 Å². The zero-order chi connectivity index (χ0) is 19.4. The Kier molecular flexibility index (Phi) is 6.43. The van der Waals surface area contributed by atoms with Crippen molar-refractivity contribution in [2.45, 2.75) is 31.7 Å². The third-order valence-corrected chi connectivity index (χ3v) is 3.95. The molecular weight excluding hydrogens is 346 g/mol. The van der Waals surface area contributed by atoms with E-state index >= 15 is 0 Å². The maximum Gasteiger partial charge on any atom is 0.491 e. The first-order chi connectivity index (χ1) is 12.2. The largest absolute Gasteiger partial charge is 0.491 e. The lowest BCUT2D eigenvalue weighted by Gasteiger charge is -2.22. The zero-order valence-electron chi connectivity index (χ0n) is 14.1. The first-order valence-corrected chi connectivity index (χ1v) is 7.92. The van der Waals surface area contributed by atoms with Crippen LogP contribution >= 0.6 is 0 Å². The maximum atomic E-state index is 12.4. The van der Waals surface area contributed by atoms with Crippen molar-refractivity contribution in [1.82, 2.24) is 10.6 Å². The van der Waals surface area contributed by atoms with Crippen molar-refractivity contribution in [2.24, 2.45) is 11.5 Å². The molecule has 0 saturated carbocycles. The number of benzene rings is 1. The van der Waals surface area contributed by atoms with Gasteiger partial charge >= 0.3 is 13.2 Å². The standard InChI is InChI=1S/C15H20BFN4O5/c1-7(18)12(15(24)20-5-11(19)13(17)22)21-14(23)8-2-3-9-6-26-16(25)10(9)4-8/h2-4,7,11-12,25H,5-6,18-19H2,1H3,(H,20,24)(H,21,23)/t7?,11-,12+/m0/s1. The van der Waals surface area contributed by atoms with Crippen LogP contribution in [0.15, 0.2) is 18.2 Å². The van der Waals surface area contributed by atoms with Crippen molar-refractivity contribution in [3.63, 3.8) is 0 Å². The highest BCUT2D eigenvalue weighted by molar-refractivity contribution is 6.61. The van der Waals surface area contributed by atoms with E-state index in [1.807, 2.05) is 0 Å². The number of nitrogens with one attached hydrogen (secondary N) is 2. The Morgan fingerprint density at radius 2 is 2.08 bits per heavy atom. The minimum atomic E-state index is -1.76. The minimum absolute atomic E-state index is 0.211. The second kappa shape index (κ2) is 8.36. The highest BCUT2D eigenvalue weighted by atomic mass is 19.1. The number of rotatable bonds is 7. The Hall–Kier alpha value is -2.34. The van der Waals surface area contributed by atoms with Crippen molar-refractivity contribution in [3.8, 4) is 0 Å². The van der Waals surface area contributed by atoms with Gasteiger partial charge < -0.3 is 31.8 Å². The molecule has 11 heteroatoms. The predicted molar refractivity (Wildman–Crippen MR) is 90.8 cm³/mol. The Morgan fingerprint density at radius 1 is 1.38 bits per heavy atom. The molecule has 0 aliphatic carbocycles. The van der Waals surface area contributed by atoms with Gasteiger partial charge in [-0.3, -0.25) is 14.4 Å². The normalized spacial score (nSPS) is 16.4. The van der Waals surface area contributed by atoms with E-state index in [-0.39, 0.29) is 12.2 Å². The third-order valence-electron chi connectivity index (χ3n) is 3.95. The van der Waals surface area contributed by atoms with E-state index in [1.165, 1.54) is 19.1 Å². The van der Waals surface area contributed by atoms with Gasteiger partial charge in [0.1, 0.15) is 12.1 Å². The summed E-state index contributed by atoms with van der Waals surface area (Å²) in [6, 6.07) is -0.488. The summed E-state index contributed by atoms with van der Waals surface area (Å²) in [6.07, 6.45) is 0. The molecule has 1 aromatic rings. The molecule has 7 N–H and O–H groups in total. The van der Waals surface area contributed by atoms with Gasteiger partial charge in [-0.15, -0.1) is 0 Å². The van der Waals surface area contributed by atoms with Crippen LogP contribution in [0.3, 0.4) is 0 Å². The summed E-state index contributed by atoms with van der Waals surface area (Å²) in [5.74, 6) is -1.29. The van der Waals surface area contributed by atoms with Crippen LogP contribution in [0.1, 0.15) is 22.8 Å². The summed E-state index contributed by atoms with van der Waals surface area (Å²) >= 11 is 0. The second-order valence-electron chi connectivity index (χ2n) is 6.04. The number of amides is 2. The highest BCUT2D eigenvalue weighted by Crippen LogP contribution is 2.11. The van der Waals surface area contributed by atoms with Crippen LogP contribution in [0.5, 0.6) is 0 Å². The Bertz CT molecular complexity index is 717. The van der Waals surface area contributed by atoms with Crippen LogP contribution in [0.4, 0.5) is 4.39 Å². The lowest BCUT2D eigenvalue weighted by molar-refractivity contribution is -0.130. The molecule has 1 aliphatic heterocycles. The molecule has 0 aromatic heterocycles. The molecule has 0 fully saturated rings. The number of carbonyl (C=O) groups excluding carboxylic acids is 3. The monoisotopic (exact) mass is 366 g/mol. The first kappa shape index (κ1) is 20.0. The lowest BCUT2D eigenvalue weighted by atomic mass is 9.78. The van der Waals surface area contributed by atoms with Crippen LogP contribution < -0.4 is 27.6 Å². The van der Waals surface area contributed by atoms with Gasteiger partial charge in [0.05, 0.1) is 6.61 Å². The van der Waals surface area contributed by atoms with Gasteiger partial charge in [-0.05, 0) is 30.1 Å². The predicted octanol–water partition coefficient (Wildman–Crippen LogP) is -2.71. The Morgan fingerprint density at radius 3 is 2.69 bits per heavy atom. The fourth-order valence-electron chi connectivity index (χ4n) is 2.42. The summed E-state index contributed by atoms with van der Waals surface area (Å²) in [4.78, 5) is 35.0. The van der Waals surface area contributed by atoms with E-state index < -0.39 is 49.6 Å². The summed E-state index contributed by atoms with van der Waals surface area (Å²) in [5, 5.41) is 14.4. The van der Waals surface area contributed by atoms with Crippen molar-refractivity contribution in [1.29, 1.82) is 0 Å². The number of hydrogen-bond donors (Lipinski definition) is 5. The number of nitrogens with two attached hydrogens (primary N) is 2. The maximum absolute atomic E-state index is 12.4. The molecule has 3 atom stereocenters. The van der Waals surface area contributed by atoms with Crippen LogP contribution in [-0.2, 0) is 20.9 Å². The number of carbonyl (C=O) groups is 3. The molecule has 1 unspecified atom stereocenters. The SMILES string of the molecule is CC(N)[C@@H](NC(=O)c1ccc2c(c1)B(O)OC2)C(=O)NC[C@H](N)C(=O)F. The van der Waals surface area contributed by atoms with E-state index in [0.717, 1.165) is 5.56 Å². The van der Waals surface area contributed by atoms with Crippen LogP contribution in [0.2, 0.25) is 0 Å². The van der Waals surface area contributed by atoms with E-state index in [0.29, 0.717) is 5.46 Å². The minimum Gasteiger partial charge on any atom is -0.423 e. The van der Waals surface area contributed by atoms with E-state index in [2.05, 4.69) is 10.6 Å². The molecule has 2 amide bonds. The summed E-state index contributed by atoms with van der Waals surface area (Å²) < 4.78 is 17.5. The van der Waals surface area contributed by atoms with Crippen molar-refractivity contribution in [3.05, 3.63) is 29.3 Å². The highest BCUT2D eigenvalue weighted by Gasteiger charge is 2.30. The summed E-state index contributed by atoms with van der Waals surface area (Å²) in [7, 11) is -1.11. The number of hydrogen-bond acceptors (Lipinski definition) is 7. The molecule has 0 spiro atoms. The van der Waals surface area contributed by atoms with Crippen LogP contribution in [0.25, 0.3) is 0 Å².